The lowest BCUT2D eigenvalue weighted by molar-refractivity contribution is 0.224. The molecule has 0 aliphatic heterocycles. The molecule has 0 amide bonds. The van der Waals surface area contributed by atoms with Crippen molar-refractivity contribution in [3.8, 4) is 0 Å². The van der Waals surface area contributed by atoms with Crippen LogP contribution in [0.25, 0.3) is 0 Å². The summed E-state index contributed by atoms with van der Waals surface area (Å²) in [4.78, 5) is 0. The monoisotopic (exact) mass is 387 g/mol. The first kappa shape index (κ1) is 14.6. The second-order valence-electron chi connectivity index (χ2n) is 4.63. The van der Waals surface area contributed by atoms with Gasteiger partial charge in [-0.3, -0.25) is 0 Å². The molecule has 100 valence electrons. The fraction of sp³-hybridized carbons (Fsp3) is 0.200. The van der Waals surface area contributed by atoms with Gasteiger partial charge in [-0.1, -0.05) is 29.8 Å². The van der Waals surface area contributed by atoms with E-state index in [0.717, 1.165) is 11.3 Å². The minimum Gasteiger partial charge on any atom is -0.394 e. The molecule has 4 heteroatoms. The average molecular weight is 388 g/mol. The summed E-state index contributed by atoms with van der Waals surface area (Å²) in [7, 11) is 0. The van der Waals surface area contributed by atoms with Gasteiger partial charge in [0.05, 0.1) is 12.1 Å². The van der Waals surface area contributed by atoms with Crippen molar-refractivity contribution in [3.63, 3.8) is 0 Å². The Balaban J connectivity index is 2.29. The van der Waals surface area contributed by atoms with Crippen molar-refractivity contribution in [1.29, 1.82) is 0 Å². The Bertz CT molecular complexity index is 558. The van der Waals surface area contributed by atoms with E-state index in [-0.39, 0.29) is 6.61 Å². The maximum absolute atomic E-state index is 9.74. The summed E-state index contributed by atoms with van der Waals surface area (Å²) >= 11 is 8.24. The molecule has 0 fully saturated rings. The van der Waals surface area contributed by atoms with Gasteiger partial charge < -0.3 is 10.4 Å². The second-order valence-corrected chi connectivity index (χ2v) is 6.31. The number of aliphatic hydroxyl groups excluding tert-OH is 1. The highest BCUT2D eigenvalue weighted by atomic mass is 127. The van der Waals surface area contributed by atoms with Crippen molar-refractivity contribution in [2.45, 2.75) is 12.5 Å². The van der Waals surface area contributed by atoms with Crippen LogP contribution in [0, 0.1) is 3.57 Å². The first-order valence-corrected chi connectivity index (χ1v) is 7.40. The Labute approximate surface area is 131 Å². The maximum atomic E-state index is 9.74. The number of aliphatic hydroxyl groups is 1. The van der Waals surface area contributed by atoms with Crippen molar-refractivity contribution in [2.75, 3.05) is 11.9 Å². The topological polar surface area (TPSA) is 32.3 Å². The van der Waals surface area contributed by atoms with Gasteiger partial charge in [0.1, 0.15) is 0 Å². The quantitative estimate of drug-likeness (QED) is 0.768. The number of rotatable bonds is 4. The summed E-state index contributed by atoms with van der Waals surface area (Å²) in [6, 6.07) is 15.6. The first-order valence-electron chi connectivity index (χ1n) is 5.94. The van der Waals surface area contributed by atoms with Gasteiger partial charge in [-0.25, -0.2) is 0 Å². The van der Waals surface area contributed by atoms with E-state index in [9.17, 15) is 5.11 Å². The highest BCUT2D eigenvalue weighted by Gasteiger charge is 2.25. The molecule has 0 aromatic heterocycles. The zero-order valence-electron chi connectivity index (χ0n) is 10.5. The predicted molar refractivity (Wildman–Crippen MR) is 88.7 cm³/mol. The summed E-state index contributed by atoms with van der Waals surface area (Å²) < 4.78 is 1.17. The van der Waals surface area contributed by atoms with Crippen molar-refractivity contribution < 1.29 is 5.11 Å². The third kappa shape index (κ3) is 3.61. The average Bonchev–Trinajstić information content (AvgIpc) is 2.39. The van der Waals surface area contributed by atoms with Gasteiger partial charge in [0, 0.05) is 14.3 Å². The molecule has 0 saturated heterocycles. The lowest BCUT2D eigenvalue weighted by Crippen LogP contribution is -2.35. The molecule has 0 saturated carbocycles. The fourth-order valence-electron chi connectivity index (χ4n) is 1.91. The molecule has 2 aromatic carbocycles. The minimum absolute atomic E-state index is 0.000105. The zero-order chi connectivity index (χ0) is 13.9. The van der Waals surface area contributed by atoms with Crippen molar-refractivity contribution >= 4 is 39.9 Å². The van der Waals surface area contributed by atoms with Gasteiger partial charge >= 0.3 is 0 Å². The lowest BCUT2D eigenvalue weighted by atomic mass is 9.92. The van der Waals surface area contributed by atoms with Crippen LogP contribution < -0.4 is 5.32 Å². The highest BCUT2D eigenvalue weighted by Crippen LogP contribution is 2.27. The van der Waals surface area contributed by atoms with Crippen LogP contribution in [0.4, 0.5) is 5.69 Å². The Morgan fingerprint density at radius 1 is 1.21 bits per heavy atom. The maximum Gasteiger partial charge on any atom is 0.0828 e. The van der Waals surface area contributed by atoms with Crippen LogP contribution >= 0.6 is 34.2 Å². The Morgan fingerprint density at radius 2 is 1.89 bits per heavy atom. The molecular formula is C15H15ClINO. The molecule has 0 bridgehead atoms. The molecule has 2 aromatic rings. The van der Waals surface area contributed by atoms with Gasteiger partial charge in [-0.2, -0.15) is 0 Å². The fourth-order valence-corrected chi connectivity index (χ4v) is 2.46. The van der Waals surface area contributed by atoms with E-state index < -0.39 is 5.54 Å². The van der Waals surface area contributed by atoms with E-state index in [0.29, 0.717) is 5.02 Å². The molecule has 0 aliphatic rings. The van der Waals surface area contributed by atoms with Crippen molar-refractivity contribution in [1.82, 2.24) is 0 Å². The van der Waals surface area contributed by atoms with Crippen LogP contribution in [0.15, 0.2) is 48.5 Å². The number of anilines is 1. The predicted octanol–water partition coefficient (Wildman–Crippen LogP) is 4.26. The SMILES string of the molecule is CC(CO)(Nc1cccc(Cl)c1)c1ccc(I)cc1. The lowest BCUT2D eigenvalue weighted by Gasteiger charge is -2.30. The van der Waals surface area contributed by atoms with Crippen molar-refractivity contribution in [2.24, 2.45) is 0 Å². The molecule has 0 heterocycles. The van der Waals surface area contributed by atoms with Crippen LogP contribution in [0.1, 0.15) is 12.5 Å². The van der Waals surface area contributed by atoms with E-state index >= 15 is 0 Å². The zero-order valence-corrected chi connectivity index (χ0v) is 13.4. The number of halogens is 2. The second kappa shape index (κ2) is 6.11. The summed E-state index contributed by atoms with van der Waals surface area (Å²) in [6.07, 6.45) is 0. The minimum atomic E-state index is -0.533. The van der Waals surface area contributed by atoms with Crippen LogP contribution in [-0.4, -0.2) is 11.7 Å². The molecule has 2 nitrogen and oxygen atoms in total. The summed E-state index contributed by atoms with van der Waals surface area (Å²) in [6.45, 7) is 1.97. The van der Waals surface area contributed by atoms with Gasteiger partial charge in [0.25, 0.3) is 0 Å². The Kier molecular flexibility index (Phi) is 4.71. The van der Waals surface area contributed by atoms with Gasteiger partial charge in [-0.05, 0) is 65.4 Å². The molecule has 0 spiro atoms. The molecule has 19 heavy (non-hydrogen) atoms. The molecule has 0 radical (unpaired) electrons. The van der Waals surface area contributed by atoms with Gasteiger partial charge in [0.2, 0.25) is 0 Å². The van der Waals surface area contributed by atoms with Crippen LogP contribution in [0.5, 0.6) is 0 Å². The van der Waals surface area contributed by atoms with E-state index in [1.165, 1.54) is 3.57 Å². The van der Waals surface area contributed by atoms with E-state index in [4.69, 9.17) is 11.6 Å². The molecular weight excluding hydrogens is 373 g/mol. The summed E-state index contributed by atoms with van der Waals surface area (Å²) in [5.74, 6) is 0. The largest absolute Gasteiger partial charge is 0.394 e. The number of hydrogen-bond donors (Lipinski definition) is 2. The standard InChI is InChI=1S/C15H15ClINO/c1-15(10-19,11-5-7-13(17)8-6-11)18-14-4-2-3-12(16)9-14/h2-9,18-19H,10H2,1H3. The highest BCUT2D eigenvalue weighted by molar-refractivity contribution is 14.1. The first-order chi connectivity index (χ1) is 9.03. The molecule has 2 rings (SSSR count). The third-order valence-corrected chi connectivity index (χ3v) is 4.00. The van der Waals surface area contributed by atoms with E-state index in [2.05, 4.69) is 27.9 Å². The van der Waals surface area contributed by atoms with Crippen LogP contribution in [0.2, 0.25) is 5.02 Å². The number of benzene rings is 2. The van der Waals surface area contributed by atoms with Crippen LogP contribution in [-0.2, 0) is 5.54 Å². The Morgan fingerprint density at radius 3 is 2.47 bits per heavy atom. The van der Waals surface area contributed by atoms with Gasteiger partial charge in [-0.15, -0.1) is 0 Å². The smallest absolute Gasteiger partial charge is 0.0828 e. The molecule has 1 unspecified atom stereocenters. The number of nitrogens with one attached hydrogen (secondary N) is 1. The Hall–Kier alpha value is -0.780. The normalized spacial score (nSPS) is 13.9. The third-order valence-electron chi connectivity index (χ3n) is 3.04. The van der Waals surface area contributed by atoms with Gasteiger partial charge in [0.15, 0.2) is 0 Å². The van der Waals surface area contributed by atoms with Crippen molar-refractivity contribution in [3.05, 3.63) is 62.7 Å². The van der Waals surface area contributed by atoms with Crippen LogP contribution in [0.3, 0.4) is 0 Å². The molecule has 0 aliphatic carbocycles. The van der Waals surface area contributed by atoms with E-state index in [1.807, 2.05) is 55.5 Å². The summed E-state index contributed by atoms with van der Waals surface area (Å²) in [5.41, 5.74) is 1.40. The van der Waals surface area contributed by atoms with E-state index in [1.54, 1.807) is 0 Å². The summed E-state index contributed by atoms with van der Waals surface area (Å²) in [5, 5.41) is 13.8. The molecule has 2 N–H and O–H groups in total. The molecule has 1 atom stereocenters. The number of hydrogen-bond acceptors (Lipinski definition) is 2.